The van der Waals surface area contributed by atoms with Gasteiger partial charge in [0.05, 0.1) is 18.8 Å². The van der Waals surface area contributed by atoms with Crippen LogP contribution in [0.2, 0.25) is 0 Å². The number of rotatable bonds is 6. The van der Waals surface area contributed by atoms with Crippen molar-refractivity contribution in [1.29, 1.82) is 0 Å². The van der Waals surface area contributed by atoms with Crippen molar-refractivity contribution in [3.8, 4) is 5.75 Å². The molecular formula is C109H170N12O4. The van der Waals surface area contributed by atoms with Gasteiger partial charge in [-0.1, -0.05) is 171 Å². The van der Waals surface area contributed by atoms with Crippen LogP contribution in [0.15, 0.2) is 176 Å². The number of benzene rings is 6. The quantitative estimate of drug-likeness (QED) is 0.147. The average Bonchev–Trinajstić information content (AvgIpc) is 1.64. The Kier molecular flexibility index (Phi) is 40.6. The molecule has 16 nitrogen and oxygen atoms in total. The summed E-state index contributed by atoms with van der Waals surface area (Å²) in [6.07, 6.45) is 32.7. The number of ether oxygens (including phenoxy) is 2. The Hall–Kier alpha value is -6.61. The molecule has 6 aromatic carbocycles. The molecule has 19 unspecified atom stereocenters. The Morgan fingerprint density at radius 1 is 0.464 bits per heavy atom. The highest BCUT2D eigenvalue weighted by Gasteiger charge is 2.38. The molecule has 690 valence electrons. The first-order chi connectivity index (χ1) is 60.0. The van der Waals surface area contributed by atoms with E-state index in [-0.39, 0.29) is 12.0 Å². The van der Waals surface area contributed by atoms with Crippen molar-refractivity contribution in [2.75, 3.05) is 123 Å². The molecule has 9 saturated heterocycles. The SMILES string of the molecule is CC1C(c2ccccc2)CCN1C.CC1CC(O)CN1C.CC1CC(OCc2ccc3ccccc3c2)CN1.CC1CC(Oc2ccccc2)CN1C.CC1CC2C=CC=CC2CN1C.CC1CC2CCCCC2N1C.CC1CCC(=O)N1C.CC1CCCCN1C.CC1CCN1C.CC1Cc2c([nH]c3ccccc23)CN1C.CC1c2ccccc2CCN1C. The molecule has 13 aliphatic rings. The van der Waals surface area contributed by atoms with E-state index in [9.17, 15) is 4.79 Å². The fourth-order valence-corrected chi connectivity index (χ4v) is 20.3. The van der Waals surface area contributed by atoms with Gasteiger partial charge in [-0.3, -0.25) is 19.5 Å². The molecule has 12 heterocycles. The van der Waals surface area contributed by atoms with Crippen LogP contribution < -0.4 is 10.1 Å². The summed E-state index contributed by atoms with van der Waals surface area (Å²) in [6.45, 7) is 35.7. The van der Waals surface area contributed by atoms with Crippen molar-refractivity contribution in [3.05, 3.63) is 209 Å². The van der Waals surface area contributed by atoms with Crippen LogP contribution in [0, 0.1) is 17.8 Å². The number of aromatic amines is 1. The minimum absolute atomic E-state index is 0.0741. The normalized spacial score (nSPS) is 30.8. The highest BCUT2D eigenvalue weighted by atomic mass is 16.5. The van der Waals surface area contributed by atoms with Gasteiger partial charge in [0.15, 0.2) is 0 Å². The molecule has 3 N–H and O–H groups in total. The van der Waals surface area contributed by atoms with Gasteiger partial charge >= 0.3 is 0 Å². The first kappa shape index (κ1) is 101. The standard InChI is InChI=1S/C16H19NO.C13H16N2.C12H17NO.C12H17N.C11H17N.C11H15N.C10H19N.C7H15N.C6H13NO.C6H11NO.C5H11N/c1-12-8-16(10-17-12)18-11-13-6-7-14-4-2-3-5-15(14)9-13;1-9-7-11-10-5-3-4-6-12(10)14-13(11)8-15(9)2;1-10-8-12(9-13(10)2)14-11-6-4-3-5-7-11;1-10-12(8-9-13(10)2)11-6-4-3-5-7-11;1-9-7-10-5-3-4-6-11(10)8-12(9)2;1-9-11-6-4-3-5-10(11)7-8-12(9)2;1-8-7-9-5-3-4-6-10(9)11(8)2;1-7-5-3-4-6-8(7)2;1-5-3-6(8)4-7(5)2;1-5-3-4-6(8)7(5)2;1-5-3-4-6(5)2/h2-7,9,12,16-17H,8,10-11H2,1H3;3-6,9,14H,7-8H2,1-2H3;3-7,10,12H,8-9H2,1-2H3;3-7,10,12H,8-9H2,1-2H3;3-6,9-11H,7-8H2,1-2H3;3-6,9H,7-8H2,1-2H3;8-10H,3-7H2,1-2H3;7H,3-6H2,1-2H3;5-6,8H,3-4H2,1-2H3;5H,3-4H2,1-2H3;5H,3-4H2,1-2H3. The Morgan fingerprint density at radius 3 is 1.67 bits per heavy atom. The third-order valence-electron chi connectivity index (χ3n) is 30.7. The number of likely N-dealkylation sites (tertiary alicyclic amines) is 8. The summed E-state index contributed by atoms with van der Waals surface area (Å²) in [7, 11) is 21.6. The minimum Gasteiger partial charge on any atom is -0.489 e. The van der Waals surface area contributed by atoms with Gasteiger partial charge in [-0.2, -0.15) is 0 Å². The highest BCUT2D eigenvalue weighted by Crippen LogP contribution is 2.39. The van der Waals surface area contributed by atoms with Crippen LogP contribution in [-0.4, -0.2) is 273 Å². The average molecular weight is 1710 g/mol. The molecule has 7 aromatic rings. The van der Waals surface area contributed by atoms with Gasteiger partial charge in [-0.25, -0.2) is 0 Å². The third-order valence-corrected chi connectivity index (χ3v) is 30.7. The topological polar surface area (TPSA) is 116 Å². The summed E-state index contributed by atoms with van der Waals surface area (Å²) in [6, 6.07) is 61.8. The third kappa shape index (κ3) is 30.5. The molecule has 1 saturated carbocycles. The number of hydrogen-bond acceptors (Lipinski definition) is 14. The highest BCUT2D eigenvalue weighted by molar-refractivity contribution is 5.85. The van der Waals surface area contributed by atoms with Crippen LogP contribution in [0.5, 0.6) is 5.75 Å². The summed E-state index contributed by atoms with van der Waals surface area (Å²) in [5.74, 6) is 4.64. The van der Waals surface area contributed by atoms with E-state index in [2.05, 4.69) is 333 Å². The number of carbonyl (C=O) groups excluding carboxylic acids is 1. The van der Waals surface area contributed by atoms with E-state index < -0.39 is 0 Å². The van der Waals surface area contributed by atoms with Gasteiger partial charge in [0.2, 0.25) is 5.91 Å². The number of fused-ring (bicyclic) bond motifs is 7. The number of hydrogen-bond donors (Lipinski definition) is 3. The Labute approximate surface area is 759 Å². The first-order valence-electron chi connectivity index (χ1n) is 48.9. The molecule has 0 radical (unpaired) electrons. The fourth-order valence-electron chi connectivity index (χ4n) is 20.3. The summed E-state index contributed by atoms with van der Waals surface area (Å²) in [5, 5.41) is 16.4. The first-order valence-corrected chi connectivity index (χ1v) is 48.9. The number of carbonyl (C=O) groups is 1. The molecule has 0 bridgehead atoms. The molecule has 11 aliphatic heterocycles. The van der Waals surface area contributed by atoms with Gasteiger partial charge in [-0.05, 0) is 323 Å². The molecule has 19 atom stereocenters. The summed E-state index contributed by atoms with van der Waals surface area (Å²) in [4.78, 5) is 37.6. The number of nitrogens with one attached hydrogen (secondary N) is 2. The Balaban J connectivity index is 0.000000145. The molecule has 20 rings (SSSR count). The number of allylic oxidation sites excluding steroid dienone is 3. The molecule has 125 heavy (non-hydrogen) atoms. The van der Waals surface area contributed by atoms with Crippen molar-refractivity contribution in [2.24, 2.45) is 17.8 Å². The monoisotopic (exact) mass is 1710 g/mol. The summed E-state index contributed by atoms with van der Waals surface area (Å²) >= 11 is 0. The number of para-hydroxylation sites is 2. The van der Waals surface area contributed by atoms with Crippen LogP contribution in [0.3, 0.4) is 0 Å². The van der Waals surface area contributed by atoms with Gasteiger partial charge in [0, 0.05) is 154 Å². The number of likely N-dealkylation sites (N-methyl/N-ethyl adjacent to an activating group) is 5. The van der Waals surface area contributed by atoms with Gasteiger partial charge < -0.3 is 59.2 Å². The van der Waals surface area contributed by atoms with Crippen LogP contribution in [0.1, 0.15) is 224 Å². The number of aliphatic hydroxyl groups is 1. The van der Waals surface area contributed by atoms with Gasteiger partial charge in [0.1, 0.15) is 11.9 Å². The van der Waals surface area contributed by atoms with E-state index in [1.165, 1.54) is 165 Å². The fraction of sp³-hybridized carbons (Fsp3) is 0.624. The zero-order chi connectivity index (χ0) is 89.8. The second kappa shape index (κ2) is 50.5. The second-order valence-electron chi connectivity index (χ2n) is 40.0. The van der Waals surface area contributed by atoms with Crippen LogP contribution >= 0.6 is 0 Å². The zero-order valence-electron chi connectivity index (χ0n) is 81.7. The lowest BCUT2D eigenvalue weighted by molar-refractivity contribution is -0.127. The van der Waals surface area contributed by atoms with Crippen molar-refractivity contribution < 1.29 is 19.4 Å². The zero-order valence-corrected chi connectivity index (χ0v) is 81.7. The maximum absolute atomic E-state index is 10.7. The van der Waals surface area contributed by atoms with Crippen LogP contribution in [0.25, 0.3) is 21.7 Å². The lowest BCUT2D eigenvalue weighted by atomic mass is 9.80. The van der Waals surface area contributed by atoms with E-state index in [1.807, 2.05) is 44.4 Å². The smallest absolute Gasteiger partial charge is 0.222 e. The van der Waals surface area contributed by atoms with Crippen molar-refractivity contribution in [2.45, 2.75) is 302 Å². The number of aliphatic hydroxyl groups excluding tert-OH is 1. The van der Waals surface area contributed by atoms with Gasteiger partial charge in [-0.15, -0.1) is 0 Å². The molecule has 0 spiro atoms. The Morgan fingerprint density at radius 2 is 1.09 bits per heavy atom. The van der Waals surface area contributed by atoms with E-state index >= 15 is 0 Å². The number of piperidine rings is 2. The largest absolute Gasteiger partial charge is 0.489 e. The van der Waals surface area contributed by atoms with E-state index in [1.54, 1.807) is 4.90 Å². The predicted octanol–water partition coefficient (Wildman–Crippen LogP) is 19.8. The number of nitrogens with zero attached hydrogens (tertiary/aromatic N) is 10. The van der Waals surface area contributed by atoms with Crippen molar-refractivity contribution in [3.63, 3.8) is 0 Å². The van der Waals surface area contributed by atoms with E-state index in [0.717, 1.165) is 124 Å². The molecule has 10 fully saturated rings. The summed E-state index contributed by atoms with van der Waals surface area (Å²) < 4.78 is 11.8. The van der Waals surface area contributed by atoms with E-state index in [4.69, 9.17) is 14.6 Å². The molecule has 1 amide bonds. The molecule has 1 aromatic heterocycles. The maximum atomic E-state index is 10.7. The van der Waals surface area contributed by atoms with Crippen molar-refractivity contribution >= 4 is 27.6 Å². The Bertz CT molecular complexity index is 4240. The molecular weight excluding hydrogens is 1540 g/mol. The van der Waals surface area contributed by atoms with E-state index in [0.29, 0.717) is 61.1 Å². The van der Waals surface area contributed by atoms with Crippen LogP contribution in [0.4, 0.5) is 0 Å². The van der Waals surface area contributed by atoms with Crippen LogP contribution in [-0.2, 0) is 35.5 Å². The molecule has 2 aliphatic carbocycles. The minimum atomic E-state index is -0.0741. The second-order valence-corrected chi connectivity index (χ2v) is 40.0. The maximum Gasteiger partial charge on any atom is 0.222 e. The molecule has 16 heteroatoms. The number of amides is 1. The lowest BCUT2D eigenvalue weighted by Gasteiger charge is -2.39. The number of β-amino-alcohol motifs (C(OH)–C–C–N with tert-alkyl or cyclic N) is 1. The van der Waals surface area contributed by atoms with Gasteiger partial charge in [0.25, 0.3) is 0 Å². The lowest BCUT2D eigenvalue weighted by Crippen LogP contribution is -2.42. The summed E-state index contributed by atoms with van der Waals surface area (Å²) in [5.41, 5.74) is 10.00. The number of aromatic nitrogens is 1. The van der Waals surface area contributed by atoms with Crippen molar-refractivity contribution in [1.82, 2.24) is 59.3 Å². The number of H-pyrrole nitrogens is 1. The predicted molar refractivity (Wildman–Crippen MR) is 529 cm³/mol.